The van der Waals surface area contributed by atoms with Crippen LogP contribution in [0.4, 0.5) is 4.39 Å². The fraction of sp³-hybridized carbons (Fsp3) is 0.294. The fourth-order valence-electron chi connectivity index (χ4n) is 3.09. The summed E-state index contributed by atoms with van der Waals surface area (Å²) in [4.78, 5) is 4.62. The Labute approximate surface area is 128 Å². The van der Waals surface area contributed by atoms with E-state index in [9.17, 15) is 4.39 Å². The number of hydrogen-bond acceptors (Lipinski definition) is 3. The summed E-state index contributed by atoms with van der Waals surface area (Å²) >= 11 is 0. The van der Waals surface area contributed by atoms with E-state index >= 15 is 0 Å². The number of halogens is 1. The van der Waals surface area contributed by atoms with Crippen LogP contribution in [0.5, 0.6) is 0 Å². The third-order valence-corrected chi connectivity index (χ3v) is 4.26. The molecule has 0 amide bonds. The average molecular weight is 296 g/mol. The third kappa shape index (κ3) is 2.27. The van der Waals surface area contributed by atoms with Gasteiger partial charge in [-0.1, -0.05) is 6.07 Å². The van der Waals surface area contributed by atoms with Crippen LogP contribution < -0.4 is 5.32 Å². The van der Waals surface area contributed by atoms with Gasteiger partial charge in [-0.15, -0.1) is 0 Å². The maximum atomic E-state index is 14.3. The Balaban J connectivity index is 1.80. The molecule has 112 valence electrons. The molecule has 0 spiro atoms. The van der Waals surface area contributed by atoms with Gasteiger partial charge in [-0.2, -0.15) is 5.10 Å². The molecule has 3 aromatic heterocycles. The number of nitrogens with one attached hydrogen (secondary N) is 1. The molecule has 1 aliphatic rings. The van der Waals surface area contributed by atoms with Crippen LogP contribution in [0.3, 0.4) is 0 Å². The van der Waals surface area contributed by atoms with Crippen molar-refractivity contribution in [1.82, 2.24) is 19.9 Å². The second kappa shape index (κ2) is 5.50. The van der Waals surface area contributed by atoms with Gasteiger partial charge in [0.05, 0.1) is 11.7 Å². The van der Waals surface area contributed by atoms with E-state index < -0.39 is 0 Å². The number of rotatable bonds is 2. The maximum Gasteiger partial charge on any atom is 0.149 e. The van der Waals surface area contributed by atoms with Gasteiger partial charge in [0.15, 0.2) is 0 Å². The Morgan fingerprint density at radius 3 is 3.05 bits per heavy atom. The first kappa shape index (κ1) is 13.4. The zero-order valence-corrected chi connectivity index (χ0v) is 12.2. The first-order valence-electron chi connectivity index (χ1n) is 7.63. The normalized spacial score (nSPS) is 18.7. The van der Waals surface area contributed by atoms with Crippen molar-refractivity contribution in [2.45, 2.75) is 18.8 Å². The van der Waals surface area contributed by atoms with Crippen molar-refractivity contribution in [3.05, 3.63) is 54.2 Å². The second-order valence-electron chi connectivity index (χ2n) is 5.70. The average Bonchev–Trinajstić information content (AvgIpc) is 3.00. The van der Waals surface area contributed by atoms with Crippen LogP contribution in [0.15, 0.2) is 42.7 Å². The van der Waals surface area contributed by atoms with Crippen molar-refractivity contribution < 1.29 is 4.39 Å². The summed E-state index contributed by atoms with van der Waals surface area (Å²) in [5.74, 6) is 0.0567. The highest BCUT2D eigenvalue weighted by Gasteiger charge is 2.19. The van der Waals surface area contributed by atoms with E-state index in [-0.39, 0.29) is 5.82 Å². The predicted molar refractivity (Wildman–Crippen MR) is 83.2 cm³/mol. The lowest BCUT2D eigenvalue weighted by molar-refractivity contribution is 0.454. The van der Waals surface area contributed by atoms with Gasteiger partial charge in [0, 0.05) is 29.9 Å². The van der Waals surface area contributed by atoms with Crippen molar-refractivity contribution in [3.8, 4) is 11.3 Å². The summed E-state index contributed by atoms with van der Waals surface area (Å²) in [7, 11) is 0. The van der Waals surface area contributed by atoms with Crippen LogP contribution in [0.1, 0.15) is 24.5 Å². The van der Waals surface area contributed by atoms with Gasteiger partial charge in [-0.3, -0.25) is 0 Å². The van der Waals surface area contributed by atoms with E-state index in [0.29, 0.717) is 11.6 Å². The first-order valence-corrected chi connectivity index (χ1v) is 7.63. The molecule has 0 bridgehead atoms. The van der Waals surface area contributed by atoms with Crippen LogP contribution in [-0.2, 0) is 0 Å². The van der Waals surface area contributed by atoms with Gasteiger partial charge in [0.25, 0.3) is 0 Å². The van der Waals surface area contributed by atoms with Crippen molar-refractivity contribution in [1.29, 1.82) is 0 Å². The third-order valence-electron chi connectivity index (χ3n) is 4.26. The molecule has 0 radical (unpaired) electrons. The summed E-state index contributed by atoms with van der Waals surface area (Å²) in [6.07, 6.45) is 5.77. The van der Waals surface area contributed by atoms with Gasteiger partial charge in [0.2, 0.25) is 0 Å². The van der Waals surface area contributed by atoms with E-state index in [2.05, 4.69) is 15.4 Å². The Morgan fingerprint density at radius 1 is 1.23 bits per heavy atom. The molecule has 1 atom stereocenters. The topological polar surface area (TPSA) is 42.2 Å². The van der Waals surface area contributed by atoms with E-state index in [1.165, 1.54) is 6.07 Å². The lowest BCUT2D eigenvalue weighted by atomic mass is 9.95. The first-order chi connectivity index (χ1) is 10.8. The standard InChI is InChI=1S/C17H17FN4/c18-14-6-7-15(12-4-3-8-19-10-12)21-17(14)13-11-20-22-9-2-1-5-16(13)22/h1-2,5-7,9,11-12,19H,3-4,8,10H2. The zero-order valence-electron chi connectivity index (χ0n) is 12.2. The second-order valence-corrected chi connectivity index (χ2v) is 5.70. The highest BCUT2D eigenvalue weighted by atomic mass is 19.1. The zero-order chi connectivity index (χ0) is 14.9. The Kier molecular flexibility index (Phi) is 3.35. The predicted octanol–water partition coefficient (Wildman–Crippen LogP) is 3.00. The molecule has 4 nitrogen and oxygen atoms in total. The van der Waals surface area contributed by atoms with Gasteiger partial charge in [-0.25, -0.2) is 13.9 Å². The summed E-state index contributed by atoms with van der Waals surface area (Å²) in [5.41, 5.74) is 2.96. The largest absolute Gasteiger partial charge is 0.316 e. The fourth-order valence-corrected chi connectivity index (χ4v) is 3.09. The van der Waals surface area contributed by atoms with Gasteiger partial charge >= 0.3 is 0 Å². The molecule has 3 aromatic rings. The molecule has 1 N–H and O–H groups in total. The number of hydrogen-bond donors (Lipinski definition) is 1. The smallest absolute Gasteiger partial charge is 0.149 e. The molecule has 5 heteroatoms. The summed E-state index contributed by atoms with van der Waals surface area (Å²) in [6.45, 7) is 1.96. The van der Waals surface area contributed by atoms with Crippen molar-refractivity contribution in [2.75, 3.05) is 13.1 Å². The molecule has 22 heavy (non-hydrogen) atoms. The minimum absolute atomic E-state index is 0.300. The molecular weight excluding hydrogens is 279 g/mol. The molecular formula is C17H17FN4. The van der Waals surface area contributed by atoms with Crippen LogP contribution in [0, 0.1) is 5.82 Å². The van der Waals surface area contributed by atoms with Gasteiger partial charge in [-0.05, 0) is 43.7 Å². The number of fused-ring (bicyclic) bond motifs is 1. The van der Waals surface area contributed by atoms with Crippen LogP contribution in [-0.4, -0.2) is 27.7 Å². The van der Waals surface area contributed by atoms with Crippen LogP contribution in [0.2, 0.25) is 0 Å². The number of piperidine rings is 1. The molecule has 0 aromatic carbocycles. The van der Waals surface area contributed by atoms with E-state index in [1.54, 1.807) is 10.7 Å². The van der Waals surface area contributed by atoms with E-state index in [4.69, 9.17) is 0 Å². The highest BCUT2D eigenvalue weighted by molar-refractivity contribution is 5.77. The summed E-state index contributed by atoms with van der Waals surface area (Å²) in [5, 5.41) is 7.66. The van der Waals surface area contributed by atoms with Crippen molar-refractivity contribution >= 4 is 5.52 Å². The molecule has 1 fully saturated rings. The Hall–Kier alpha value is -2.27. The van der Waals surface area contributed by atoms with Crippen LogP contribution in [0.25, 0.3) is 16.8 Å². The quantitative estimate of drug-likeness (QED) is 0.790. The van der Waals surface area contributed by atoms with Gasteiger partial charge < -0.3 is 5.32 Å². The summed E-state index contributed by atoms with van der Waals surface area (Å²) < 4.78 is 16.1. The molecule has 0 aliphatic carbocycles. The summed E-state index contributed by atoms with van der Waals surface area (Å²) in [6, 6.07) is 9.09. The highest BCUT2D eigenvalue weighted by Crippen LogP contribution is 2.29. The van der Waals surface area contributed by atoms with Gasteiger partial charge in [0.1, 0.15) is 11.5 Å². The Morgan fingerprint density at radius 2 is 2.18 bits per heavy atom. The molecule has 4 rings (SSSR count). The van der Waals surface area contributed by atoms with Crippen molar-refractivity contribution in [2.24, 2.45) is 0 Å². The number of pyridine rings is 2. The number of nitrogens with zero attached hydrogens (tertiary/aromatic N) is 3. The Bertz CT molecular complexity index is 805. The van der Waals surface area contributed by atoms with Crippen LogP contribution >= 0.6 is 0 Å². The van der Waals surface area contributed by atoms with Crippen molar-refractivity contribution in [3.63, 3.8) is 0 Å². The number of aromatic nitrogens is 3. The van der Waals surface area contributed by atoms with E-state index in [1.807, 2.05) is 30.5 Å². The molecule has 1 aliphatic heterocycles. The van der Waals surface area contributed by atoms with E-state index in [0.717, 1.165) is 42.7 Å². The minimum Gasteiger partial charge on any atom is -0.316 e. The monoisotopic (exact) mass is 296 g/mol. The minimum atomic E-state index is -0.300. The lowest BCUT2D eigenvalue weighted by Gasteiger charge is -2.22. The molecule has 0 saturated carbocycles. The molecule has 1 saturated heterocycles. The SMILES string of the molecule is Fc1ccc(C2CCCNC2)nc1-c1cnn2ccccc12. The maximum absolute atomic E-state index is 14.3. The molecule has 4 heterocycles. The lowest BCUT2D eigenvalue weighted by Crippen LogP contribution is -2.28. The molecule has 1 unspecified atom stereocenters.